The van der Waals surface area contributed by atoms with Crippen LogP contribution in [0.25, 0.3) is 0 Å². The Morgan fingerprint density at radius 3 is 2.95 bits per heavy atom. The highest BCUT2D eigenvalue weighted by atomic mass is 16.5. The molecule has 1 heterocycles. The average Bonchev–Trinajstić information content (AvgIpc) is 2.79. The van der Waals surface area contributed by atoms with Crippen LogP contribution in [-0.4, -0.2) is 41.2 Å². The Kier molecular flexibility index (Phi) is 5.79. The van der Waals surface area contributed by atoms with Gasteiger partial charge < -0.3 is 14.7 Å². The summed E-state index contributed by atoms with van der Waals surface area (Å²) in [6.07, 6.45) is 1.37. The summed E-state index contributed by atoms with van der Waals surface area (Å²) in [5.41, 5.74) is 0. The van der Waals surface area contributed by atoms with E-state index in [1.807, 2.05) is 0 Å². The van der Waals surface area contributed by atoms with Gasteiger partial charge in [-0.3, -0.25) is 0 Å². The second-order valence-electron chi connectivity index (χ2n) is 4.48. The normalized spacial score (nSPS) is 11.7. The van der Waals surface area contributed by atoms with Gasteiger partial charge in [0.15, 0.2) is 5.82 Å². The molecule has 7 heteroatoms. The number of carbonyl (C=O) groups is 1. The van der Waals surface area contributed by atoms with Crippen molar-refractivity contribution in [3.8, 4) is 6.07 Å². The summed E-state index contributed by atoms with van der Waals surface area (Å²) in [5, 5.41) is 15.1. The lowest BCUT2D eigenvalue weighted by Gasteiger charge is -2.18. The van der Waals surface area contributed by atoms with Crippen molar-refractivity contribution in [2.24, 2.45) is 5.92 Å². The van der Waals surface area contributed by atoms with Crippen molar-refractivity contribution in [2.75, 3.05) is 20.1 Å². The molecule has 1 unspecified atom stereocenters. The number of hydrogen-bond acceptors (Lipinski definition) is 5. The van der Waals surface area contributed by atoms with E-state index in [0.29, 0.717) is 31.2 Å². The second kappa shape index (κ2) is 7.36. The van der Waals surface area contributed by atoms with Crippen LogP contribution in [0.5, 0.6) is 0 Å². The quantitative estimate of drug-likeness (QED) is 0.777. The molecule has 0 aromatic carbocycles. The van der Waals surface area contributed by atoms with Crippen molar-refractivity contribution >= 4 is 6.03 Å². The maximum Gasteiger partial charge on any atom is 0.317 e. The van der Waals surface area contributed by atoms with E-state index in [-0.39, 0.29) is 11.9 Å². The van der Waals surface area contributed by atoms with Gasteiger partial charge in [-0.2, -0.15) is 10.2 Å². The molecule has 0 aliphatic rings. The minimum Gasteiger partial charge on any atom is -0.339 e. The fourth-order valence-electron chi connectivity index (χ4n) is 1.55. The van der Waals surface area contributed by atoms with Crippen LogP contribution in [0.4, 0.5) is 4.79 Å². The van der Waals surface area contributed by atoms with E-state index in [1.54, 1.807) is 20.9 Å². The molecule has 1 atom stereocenters. The molecule has 0 aliphatic heterocycles. The van der Waals surface area contributed by atoms with E-state index in [1.165, 1.54) is 4.90 Å². The molecule has 2 amide bonds. The van der Waals surface area contributed by atoms with Gasteiger partial charge in [0.05, 0.1) is 12.0 Å². The molecule has 0 bridgehead atoms. The van der Waals surface area contributed by atoms with Gasteiger partial charge in [-0.1, -0.05) is 5.16 Å². The lowest BCUT2D eigenvalue weighted by Crippen LogP contribution is -2.39. The Morgan fingerprint density at radius 1 is 1.63 bits per heavy atom. The molecule has 104 valence electrons. The standard InChI is InChI=1S/C12H19N5O2/c1-9(7-13)8-17(3)12(18)14-6-4-5-11-15-10(2)16-19-11/h9H,4-6,8H2,1-3H3,(H,14,18). The summed E-state index contributed by atoms with van der Waals surface area (Å²) in [6.45, 7) is 4.50. The third kappa shape index (κ3) is 5.38. The molecule has 19 heavy (non-hydrogen) atoms. The van der Waals surface area contributed by atoms with Crippen molar-refractivity contribution in [1.82, 2.24) is 20.4 Å². The van der Waals surface area contributed by atoms with E-state index >= 15 is 0 Å². The van der Waals surface area contributed by atoms with Gasteiger partial charge in [0.1, 0.15) is 0 Å². The molecule has 0 spiro atoms. The molecule has 1 rings (SSSR count). The predicted molar refractivity (Wildman–Crippen MR) is 68.2 cm³/mol. The minimum atomic E-state index is -0.177. The first-order chi connectivity index (χ1) is 9.02. The fraction of sp³-hybridized carbons (Fsp3) is 0.667. The van der Waals surface area contributed by atoms with Crippen molar-refractivity contribution in [3.05, 3.63) is 11.7 Å². The molecule has 1 aromatic heterocycles. The largest absolute Gasteiger partial charge is 0.339 e. The summed E-state index contributed by atoms with van der Waals surface area (Å²) < 4.78 is 4.97. The lowest BCUT2D eigenvalue weighted by atomic mass is 10.2. The molecule has 0 aliphatic carbocycles. The Hall–Kier alpha value is -2.10. The number of urea groups is 1. The number of nitrogens with zero attached hydrogens (tertiary/aromatic N) is 4. The van der Waals surface area contributed by atoms with Crippen molar-refractivity contribution in [3.63, 3.8) is 0 Å². The molecular formula is C12H19N5O2. The molecular weight excluding hydrogens is 246 g/mol. The van der Waals surface area contributed by atoms with Crippen LogP contribution >= 0.6 is 0 Å². The number of nitrogens with one attached hydrogen (secondary N) is 1. The number of carbonyl (C=O) groups excluding carboxylic acids is 1. The molecule has 1 N–H and O–H groups in total. The molecule has 7 nitrogen and oxygen atoms in total. The van der Waals surface area contributed by atoms with Crippen LogP contribution in [-0.2, 0) is 6.42 Å². The van der Waals surface area contributed by atoms with Crippen LogP contribution in [0.15, 0.2) is 4.52 Å². The summed E-state index contributed by atoms with van der Waals surface area (Å²) in [7, 11) is 1.67. The number of nitriles is 1. The van der Waals surface area contributed by atoms with Gasteiger partial charge in [-0.05, 0) is 20.3 Å². The third-order valence-corrected chi connectivity index (χ3v) is 2.53. The first-order valence-corrected chi connectivity index (χ1v) is 6.20. The van der Waals surface area contributed by atoms with E-state index in [4.69, 9.17) is 9.78 Å². The van der Waals surface area contributed by atoms with E-state index < -0.39 is 0 Å². The summed E-state index contributed by atoms with van der Waals surface area (Å²) in [6, 6.07) is 1.92. The first kappa shape index (κ1) is 15.0. The first-order valence-electron chi connectivity index (χ1n) is 6.20. The van der Waals surface area contributed by atoms with Crippen LogP contribution in [0.1, 0.15) is 25.1 Å². The summed E-state index contributed by atoms with van der Waals surface area (Å²) in [5.74, 6) is 1.03. The zero-order valence-electron chi connectivity index (χ0n) is 11.5. The third-order valence-electron chi connectivity index (χ3n) is 2.53. The van der Waals surface area contributed by atoms with Gasteiger partial charge in [0.25, 0.3) is 0 Å². The lowest BCUT2D eigenvalue weighted by molar-refractivity contribution is 0.205. The van der Waals surface area contributed by atoms with Gasteiger partial charge in [-0.15, -0.1) is 0 Å². The molecule has 0 fully saturated rings. The van der Waals surface area contributed by atoms with Crippen molar-refractivity contribution in [1.29, 1.82) is 5.26 Å². The Labute approximate surface area is 112 Å². The summed E-state index contributed by atoms with van der Waals surface area (Å²) in [4.78, 5) is 17.2. The van der Waals surface area contributed by atoms with Crippen LogP contribution < -0.4 is 5.32 Å². The maximum absolute atomic E-state index is 11.7. The van der Waals surface area contributed by atoms with E-state index in [9.17, 15) is 4.79 Å². The zero-order valence-corrected chi connectivity index (χ0v) is 11.5. The maximum atomic E-state index is 11.7. The van der Waals surface area contributed by atoms with Crippen LogP contribution in [0.2, 0.25) is 0 Å². The smallest absolute Gasteiger partial charge is 0.317 e. The summed E-state index contributed by atoms with van der Waals surface area (Å²) >= 11 is 0. The number of rotatable bonds is 6. The highest BCUT2D eigenvalue weighted by Crippen LogP contribution is 2.00. The van der Waals surface area contributed by atoms with Crippen LogP contribution in [0, 0.1) is 24.2 Å². The predicted octanol–water partition coefficient (Wildman–Crippen LogP) is 1.11. The van der Waals surface area contributed by atoms with E-state index in [2.05, 4.69) is 21.5 Å². The number of aryl methyl sites for hydroxylation is 2. The Morgan fingerprint density at radius 2 is 2.37 bits per heavy atom. The molecule has 0 saturated heterocycles. The number of amides is 2. The van der Waals surface area contributed by atoms with Crippen LogP contribution in [0.3, 0.4) is 0 Å². The van der Waals surface area contributed by atoms with Gasteiger partial charge in [-0.25, -0.2) is 4.79 Å². The Balaban J connectivity index is 2.18. The zero-order chi connectivity index (χ0) is 14.3. The monoisotopic (exact) mass is 265 g/mol. The van der Waals surface area contributed by atoms with E-state index in [0.717, 1.165) is 6.42 Å². The minimum absolute atomic E-state index is 0.169. The highest BCUT2D eigenvalue weighted by Gasteiger charge is 2.11. The number of aromatic nitrogens is 2. The second-order valence-corrected chi connectivity index (χ2v) is 4.48. The van der Waals surface area contributed by atoms with Gasteiger partial charge in [0.2, 0.25) is 5.89 Å². The molecule has 1 aromatic rings. The Bertz CT molecular complexity index is 451. The van der Waals surface area contributed by atoms with Gasteiger partial charge in [0, 0.05) is 26.6 Å². The highest BCUT2D eigenvalue weighted by molar-refractivity contribution is 5.73. The molecule has 0 saturated carbocycles. The number of hydrogen-bond donors (Lipinski definition) is 1. The van der Waals surface area contributed by atoms with Crippen molar-refractivity contribution in [2.45, 2.75) is 26.7 Å². The van der Waals surface area contributed by atoms with Crippen molar-refractivity contribution < 1.29 is 9.32 Å². The fourth-order valence-corrected chi connectivity index (χ4v) is 1.55. The topological polar surface area (TPSA) is 95.0 Å². The average molecular weight is 265 g/mol. The SMILES string of the molecule is Cc1noc(CCCNC(=O)N(C)CC(C)C#N)n1. The molecule has 0 radical (unpaired) electrons. The van der Waals surface area contributed by atoms with Gasteiger partial charge >= 0.3 is 6.03 Å².